The molecule has 0 amide bonds. The summed E-state index contributed by atoms with van der Waals surface area (Å²) < 4.78 is 5.46. The highest BCUT2D eigenvalue weighted by Crippen LogP contribution is 2.10. The Morgan fingerprint density at radius 1 is 1.64 bits per heavy atom. The Labute approximate surface area is 69.3 Å². The minimum absolute atomic E-state index is 0.344. The number of ether oxygens (including phenoxy) is 1. The van der Waals surface area contributed by atoms with Crippen LogP contribution in [0.1, 0.15) is 39.5 Å². The maximum absolute atomic E-state index is 5.46. The van der Waals surface area contributed by atoms with Gasteiger partial charge in [-0.3, -0.25) is 5.32 Å². The molecule has 0 bridgehead atoms. The number of hydrogen-bond donors (Lipinski definition) is 1. The van der Waals surface area contributed by atoms with Gasteiger partial charge in [0.1, 0.15) is 6.23 Å². The SMILES string of the molecule is CCCC(C)NC1CCCO1. The van der Waals surface area contributed by atoms with Crippen LogP contribution in [0.25, 0.3) is 0 Å². The third kappa shape index (κ3) is 3.21. The van der Waals surface area contributed by atoms with E-state index in [1.54, 1.807) is 0 Å². The van der Waals surface area contributed by atoms with E-state index < -0.39 is 0 Å². The van der Waals surface area contributed by atoms with E-state index in [-0.39, 0.29) is 0 Å². The van der Waals surface area contributed by atoms with Gasteiger partial charge in [-0.05, 0) is 26.2 Å². The molecule has 1 aliphatic heterocycles. The number of hydrogen-bond acceptors (Lipinski definition) is 2. The Kier molecular flexibility index (Phi) is 3.87. The largest absolute Gasteiger partial charge is 0.363 e. The van der Waals surface area contributed by atoms with Gasteiger partial charge >= 0.3 is 0 Å². The molecule has 2 atom stereocenters. The Bertz CT molecular complexity index is 99.7. The van der Waals surface area contributed by atoms with E-state index in [1.165, 1.54) is 25.7 Å². The van der Waals surface area contributed by atoms with E-state index in [9.17, 15) is 0 Å². The first-order valence-electron chi connectivity index (χ1n) is 4.70. The third-order valence-electron chi connectivity index (χ3n) is 2.12. The second kappa shape index (κ2) is 4.73. The summed E-state index contributed by atoms with van der Waals surface area (Å²) in [4.78, 5) is 0. The number of nitrogens with one attached hydrogen (secondary N) is 1. The van der Waals surface area contributed by atoms with Crippen molar-refractivity contribution >= 4 is 0 Å². The van der Waals surface area contributed by atoms with Crippen molar-refractivity contribution in [3.05, 3.63) is 0 Å². The van der Waals surface area contributed by atoms with Crippen molar-refractivity contribution in [1.29, 1.82) is 0 Å². The first kappa shape index (κ1) is 9.01. The van der Waals surface area contributed by atoms with Crippen molar-refractivity contribution in [2.75, 3.05) is 6.61 Å². The van der Waals surface area contributed by atoms with Crippen molar-refractivity contribution in [3.63, 3.8) is 0 Å². The summed E-state index contributed by atoms with van der Waals surface area (Å²) in [5.74, 6) is 0. The molecule has 0 aromatic rings. The summed E-state index contributed by atoms with van der Waals surface area (Å²) in [5, 5.41) is 3.46. The van der Waals surface area contributed by atoms with Crippen LogP contribution in [0, 0.1) is 0 Å². The van der Waals surface area contributed by atoms with Gasteiger partial charge < -0.3 is 4.74 Å². The summed E-state index contributed by atoms with van der Waals surface area (Å²) in [6, 6.07) is 0.614. The van der Waals surface area contributed by atoms with Gasteiger partial charge in [-0.25, -0.2) is 0 Å². The zero-order valence-corrected chi connectivity index (χ0v) is 7.60. The van der Waals surface area contributed by atoms with E-state index in [0.29, 0.717) is 12.3 Å². The molecule has 2 nitrogen and oxygen atoms in total. The van der Waals surface area contributed by atoms with Gasteiger partial charge in [0.15, 0.2) is 0 Å². The molecule has 0 aromatic carbocycles. The van der Waals surface area contributed by atoms with Crippen LogP contribution >= 0.6 is 0 Å². The molecule has 1 aliphatic rings. The molecular formula is C9H19NO. The lowest BCUT2D eigenvalue weighted by Gasteiger charge is -2.17. The van der Waals surface area contributed by atoms with Crippen molar-refractivity contribution in [2.24, 2.45) is 0 Å². The molecule has 0 saturated carbocycles. The van der Waals surface area contributed by atoms with Crippen molar-refractivity contribution < 1.29 is 4.74 Å². The van der Waals surface area contributed by atoms with Gasteiger partial charge in [-0.15, -0.1) is 0 Å². The first-order valence-corrected chi connectivity index (χ1v) is 4.70. The minimum atomic E-state index is 0.344. The second-order valence-corrected chi connectivity index (χ2v) is 3.36. The fourth-order valence-corrected chi connectivity index (χ4v) is 1.54. The molecular weight excluding hydrogens is 138 g/mol. The topological polar surface area (TPSA) is 21.3 Å². The monoisotopic (exact) mass is 157 g/mol. The highest BCUT2D eigenvalue weighted by atomic mass is 16.5. The van der Waals surface area contributed by atoms with E-state index in [4.69, 9.17) is 4.74 Å². The summed E-state index contributed by atoms with van der Waals surface area (Å²) in [6.45, 7) is 5.38. The minimum Gasteiger partial charge on any atom is -0.363 e. The zero-order chi connectivity index (χ0) is 8.10. The fraction of sp³-hybridized carbons (Fsp3) is 1.00. The maximum Gasteiger partial charge on any atom is 0.108 e. The average Bonchev–Trinajstić information content (AvgIpc) is 2.40. The van der Waals surface area contributed by atoms with Crippen LogP contribution in [0.15, 0.2) is 0 Å². The van der Waals surface area contributed by atoms with Gasteiger partial charge in [0.2, 0.25) is 0 Å². The quantitative estimate of drug-likeness (QED) is 0.673. The smallest absolute Gasteiger partial charge is 0.108 e. The standard InChI is InChI=1S/C9H19NO/c1-3-5-8(2)10-9-6-4-7-11-9/h8-10H,3-7H2,1-2H3. The van der Waals surface area contributed by atoms with Crippen LogP contribution < -0.4 is 5.32 Å². The molecule has 1 heterocycles. The van der Waals surface area contributed by atoms with Crippen molar-refractivity contribution in [3.8, 4) is 0 Å². The van der Waals surface area contributed by atoms with E-state index >= 15 is 0 Å². The molecule has 1 N–H and O–H groups in total. The van der Waals surface area contributed by atoms with E-state index in [1.807, 2.05) is 0 Å². The molecule has 2 unspecified atom stereocenters. The molecule has 2 heteroatoms. The van der Waals surface area contributed by atoms with Gasteiger partial charge in [0, 0.05) is 12.6 Å². The van der Waals surface area contributed by atoms with Gasteiger partial charge in [0.25, 0.3) is 0 Å². The average molecular weight is 157 g/mol. The van der Waals surface area contributed by atoms with Crippen LogP contribution in [-0.4, -0.2) is 18.9 Å². The summed E-state index contributed by atoms with van der Waals surface area (Å²) >= 11 is 0. The first-order chi connectivity index (χ1) is 5.33. The predicted molar refractivity (Wildman–Crippen MR) is 46.5 cm³/mol. The lowest BCUT2D eigenvalue weighted by Crippen LogP contribution is -2.35. The second-order valence-electron chi connectivity index (χ2n) is 3.36. The molecule has 0 radical (unpaired) electrons. The van der Waals surface area contributed by atoms with Crippen molar-refractivity contribution in [1.82, 2.24) is 5.32 Å². The van der Waals surface area contributed by atoms with Crippen LogP contribution in [0.4, 0.5) is 0 Å². The lowest BCUT2D eigenvalue weighted by molar-refractivity contribution is 0.0746. The summed E-state index contributed by atoms with van der Waals surface area (Å²) in [5.41, 5.74) is 0. The van der Waals surface area contributed by atoms with Crippen LogP contribution in [0.3, 0.4) is 0 Å². The molecule has 1 rings (SSSR count). The van der Waals surface area contributed by atoms with Crippen LogP contribution in [-0.2, 0) is 4.74 Å². The highest BCUT2D eigenvalue weighted by molar-refractivity contribution is 4.67. The van der Waals surface area contributed by atoms with E-state index in [0.717, 1.165) is 6.61 Å². The fourth-order valence-electron chi connectivity index (χ4n) is 1.54. The summed E-state index contributed by atoms with van der Waals surface area (Å²) in [6.07, 6.45) is 5.25. The normalized spacial score (nSPS) is 27.3. The Hall–Kier alpha value is -0.0800. The molecule has 66 valence electrons. The van der Waals surface area contributed by atoms with Gasteiger partial charge in [-0.2, -0.15) is 0 Å². The molecule has 0 spiro atoms. The Morgan fingerprint density at radius 2 is 2.45 bits per heavy atom. The number of rotatable bonds is 4. The maximum atomic E-state index is 5.46. The molecule has 0 aliphatic carbocycles. The molecule has 1 saturated heterocycles. The lowest BCUT2D eigenvalue weighted by atomic mass is 10.2. The zero-order valence-electron chi connectivity index (χ0n) is 7.60. The van der Waals surface area contributed by atoms with Gasteiger partial charge in [-0.1, -0.05) is 13.3 Å². The molecule has 0 aromatic heterocycles. The third-order valence-corrected chi connectivity index (χ3v) is 2.12. The van der Waals surface area contributed by atoms with Gasteiger partial charge in [0.05, 0.1) is 0 Å². The molecule has 1 fully saturated rings. The predicted octanol–water partition coefficient (Wildman–Crippen LogP) is 1.90. The Balaban J connectivity index is 2.08. The van der Waals surface area contributed by atoms with E-state index in [2.05, 4.69) is 19.2 Å². The van der Waals surface area contributed by atoms with Crippen molar-refractivity contribution in [2.45, 2.75) is 51.8 Å². The highest BCUT2D eigenvalue weighted by Gasteiger charge is 2.16. The molecule has 11 heavy (non-hydrogen) atoms. The van der Waals surface area contributed by atoms with Crippen LogP contribution in [0.2, 0.25) is 0 Å². The summed E-state index contributed by atoms with van der Waals surface area (Å²) in [7, 11) is 0. The van der Waals surface area contributed by atoms with Crippen LogP contribution in [0.5, 0.6) is 0 Å². The Morgan fingerprint density at radius 3 is 3.00 bits per heavy atom.